The number of hydrogen-bond donors (Lipinski definition) is 0. The third kappa shape index (κ3) is 4.58. The van der Waals surface area contributed by atoms with Gasteiger partial charge in [0.25, 0.3) is 0 Å². The summed E-state index contributed by atoms with van der Waals surface area (Å²) in [6.45, 7) is 0.359. The highest BCUT2D eigenvalue weighted by Gasteiger charge is 2.43. The Morgan fingerprint density at radius 3 is 2.48 bits per heavy atom. The van der Waals surface area contributed by atoms with E-state index in [1.54, 1.807) is 43.4 Å². The largest absolute Gasteiger partial charge is 0.497 e. The van der Waals surface area contributed by atoms with Crippen LogP contribution < -0.4 is 14.4 Å². The molecule has 172 valence electrons. The maximum Gasteiger partial charge on any atom is 0.228 e. The van der Waals surface area contributed by atoms with Crippen molar-refractivity contribution in [3.63, 3.8) is 0 Å². The molecule has 7 nitrogen and oxygen atoms in total. The van der Waals surface area contributed by atoms with Gasteiger partial charge in [-0.15, -0.1) is 0 Å². The molecule has 0 radical (unpaired) electrons. The van der Waals surface area contributed by atoms with Gasteiger partial charge in [0.1, 0.15) is 17.3 Å². The SMILES string of the molecule is COc1ccc(N2C(=O)CCC(C(=O)N(C)Cc3ccco3)C2c2ccccc2OC)cc1. The Kier molecular flexibility index (Phi) is 6.68. The Bertz CT molecular complexity index is 1090. The molecule has 0 aliphatic carbocycles. The summed E-state index contributed by atoms with van der Waals surface area (Å²) >= 11 is 0. The molecule has 0 N–H and O–H groups in total. The van der Waals surface area contributed by atoms with Crippen molar-refractivity contribution < 1.29 is 23.5 Å². The normalized spacial score (nSPS) is 18.2. The molecule has 2 aromatic carbocycles. The summed E-state index contributed by atoms with van der Waals surface area (Å²) in [5, 5.41) is 0. The molecule has 0 saturated carbocycles. The van der Waals surface area contributed by atoms with Gasteiger partial charge in [0, 0.05) is 24.7 Å². The van der Waals surface area contributed by atoms with Gasteiger partial charge in [-0.2, -0.15) is 0 Å². The number of benzene rings is 2. The van der Waals surface area contributed by atoms with E-state index < -0.39 is 12.0 Å². The number of carbonyl (C=O) groups excluding carboxylic acids is 2. The molecule has 1 aliphatic rings. The lowest BCUT2D eigenvalue weighted by Gasteiger charge is -2.42. The predicted molar refractivity (Wildman–Crippen MR) is 124 cm³/mol. The number of hydrogen-bond acceptors (Lipinski definition) is 5. The van der Waals surface area contributed by atoms with Crippen LogP contribution in [0.15, 0.2) is 71.3 Å². The van der Waals surface area contributed by atoms with Crippen molar-refractivity contribution in [2.24, 2.45) is 5.92 Å². The summed E-state index contributed by atoms with van der Waals surface area (Å²) < 4.78 is 16.3. The quantitative estimate of drug-likeness (QED) is 0.534. The summed E-state index contributed by atoms with van der Waals surface area (Å²) in [6, 6.07) is 18.0. The Morgan fingerprint density at radius 1 is 1.06 bits per heavy atom. The summed E-state index contributed by atoms with van der Waals surface area (Å²) in [5.74, 6) is 1.52. The second-order valence-corrected chi connectivity index (χ2v) is 8.07. The molecule has 2 atom stereocenters. The third-order valence-corrected chi connectivity index (χ3v) is 6.07. The standard InChI is InChI=1S/C26H28N2O5/c1-27(17-20-7-6-16-33-20)26(30)22-14-15-24(29)28(18-10-12-19(31-2)13-11-18)25(22)21-8-4-5-9-23(21)32-3/h4-13,16,22,25H,14-15,17H2,1-3H3. The Balaban J connectivity index is 1.75. The highest BCUT2D eigenvalue weighted by atomic mass is 16.5. The minimum Gasteiger partial charge on any atom is -0.497 e. The third-order valence-electron chi connectivity index (χ3n) is 6.07. The van der Waals surface area contributed by atoms with Crippen molar-refractivity contribution in [3.8, 4) is 11.5 Å². The predicted octanol–water partition coefficient (Wildman–Crippen LogP) is 4.44. The lowest BCUT2D eigenvalue weighted by atomic mass is 9.82. The summed E-state index contributed by atoms with van der Waals surface area (Å²) in [6.07, 6.45) is 2.33. The molecule has 1 aliphatic heterocycles. The average molecular weight is 449 g/mol. The molecule has 33 heavy (non-hydrogen) atoms. The van der Waals surface area contributed by atoms with Gasteiger partial charge in [-0.1, -0.05) is 18.2 Å². The molecule has 1 saturated heterocycles. The highest BCUT2D eigenvalue weighted by molar-refractivity contribution is 5.97. The van der Waals surface area contributed by atoms with E-state index in [4.69, 9.17) is 13.9 Å². The van der Waals surface area contributed by atoms with Gasteiger partial charge in [0.05, 0.1) is 39.0 Å². The maximum atomic E-state index is 13.7. The molecule has 2 amide bonds. The molecule has 2 heterocycles. The van der Waals surface area contributed by atoms with Crippen molar-refractivity contribution >= 4 is 17.5 Å². The highest BCUT2D eigenvalue weighted by Crippen LogP contribution is 2.44. The van der Waals surface area contributed by atoms with E-state index in [2.05, 4.69) is 0 Å². The first-order valence-electron chi connectivity index (χ1n) is 10.9. The number of furan rings is 1. The zero-order valence-electron chi connectivity index (χ0n) is 19.1. The number of anilines is 1. The average Bonchev–Trinajstić information content (AvgIpc) is 3.36. The van der Waals surface area contributed by atoms with E-state index in [1.807, 2.05) is 54.6 Å². The molecular formula is C26H28N2O5. The molecule has 3 aromatic rings. The number of carbonyl (C=O) groups is 2. The van der Waals surface area contributed by atoms with Crippen molar-refractivity contribution in [1.82, 2.24) is 4.90 Å². The number of piperidine rings is 1. The zero-order chi connectivity index (χ0) is 23.4. The molecule has 4 rings (SSSR count). The Hall–Kier alpha value is -3.74. The molecule has 1 fully saturated rings. The van der Waals surface area contributed by atoms with E-state index >= 15 is 0 Å². The van der Waals surface area contributed by atoms with Crippen LogP contribution in [-0.4, -0.2) is 38.0 Å². The first-order chi connectivity index (χ1) is 16.0. The van der Waals surface area contributed by atoms with Crippen LogP contribution in [0.25, 0.3) is 0 Å². The fourth-order valence-electron chi connectivity index (χ4n) is 4.46. The molecule has 1 aromatic heterocycles. The number of methoxy groups -OCH3 is 2. The van der Waals surface area contributed by atoms with Crippen LogP contribution in [0.4, 0.5) is 5.69 Å². The Morgan fingerprint density at radius 2 is 1.82 bits per heavy atom. The van der Waals surface area contributed by atoms with Gasteiger partial charge in [-0.25, -0.2) is 0 Å². The van der Waals surface area contributed by atoms with Gasteiger partial charge in [-0.3, -0.25) is 9.59 Å². The lowest BCUT2D eigenvalue weighted by molar-refractivity contribution is -0.138. The number of amides is 2. The first-order valence-corrected chi connectivity index (χ1v) is 10.9. The van der Waals surface area contributed by atoms with Crippen LogP contribution in [0, 0.1) is 5.92 Å². The minimum atomic E-state index is -0.512. The van der Waals surface area contributed by atoms with Gasteiger partial charge >= 0.3 is 0 Å². The van der Waals surface area contributed by atoms with Crippen LogP contribution in [-0.2, 0) is 16.1 Å². The molecular weight excluding hydrogens is 420 g/mol. The van der Waals surface area contributed by atoms with E-state index in [-0.39, 0.29) is 18.2 Å². The fraction of sp³-hybridized carbons (Fsp3) is 0.308. The van der Waals surface area contributed by atoms with E-state index in [0.717, 1.165) is 5.56 Å². The number of para-hydroxylation sites is 1. The van der Waals surface area contributed by atoms with Gasteiger partial charge in [0.15, 0.2) is 0 Å². The topological polar surface area (TPSA) is 72.2 Å². The van der Waals surface area contributed by atoms with Gasteiger partial charge < -0.3 is 23.7 Å². The van der Waals surface area contributed by atoms with Crippen LogP contribution in [0.2, 0.25) is 0 Å². The smallest absolute Gasteiger partial charge is 0.228 e. The summed E-state index contributed by atoms with van der Waals surface area (Å²) in [5.41, 5.74) is 1.51. The molecule has 0 bridgehead atoms. The van der Waals surface area contributed by atoms with Crippen LogP contribution in [0.1, 0.15) is 30.2 Å². The second kappa shape index (κ2) is 9.81. The number of ether oxygens (including phenoxy) is 2. The fourth-order valence-corrected chi connectivity index (χ4v) is 4.46. The van der Waals surface area contributed by atoms with Crippen LogP contribution >= 0.6 is 0 Å². The number of nitrogens with zero attached hydrogens (tertiary/aromatic N) is 2. The van der Waals surface area contributed by atoms with Crippen molar-refractivity contribution in [2.45, 2.75) is 25.4 Å². The zero-order valence-corrected chi connectivity index (χ0v) is 19.1. The Labute approximate surface area is 193 Å². The van der Waals surface area contributed by atoms with Crippen molar-refractivity contribution in [2.75, 3.05) is 26.2 Å². The lowest BCUT2D eigenvalue weighted by Crippen LogP contribution is -2.48. The van der Waals surface area contributed by atoms with E-state index in [9.17, 15) is 9.59 Å². The van der Waals surface area contributed by atoms with Crippen LogP contribution in [0.5, 0.6) is 11.5 Å². The van der Waals surface area contributed by atoms with Crippen molar-refractivity contribution in [3.05, 3.63) is 78.3 Å². The maximum absolute atomic E-state index is 13.7. The summed E-state index contributed by atoms with van der Waals surface area (Å²) in [7, 11) is 4.96. The molecule has 7 heteroatoms. The second-order valence-electron chi connectivity index (χ2n) is 8.07. The monoisotopic (exact) mass is 448 g/mol. The van der Waals surface area contributed by atoms with Gasteiger partial charge in [-0.05, 0) is 48.9 Å². The van der Waals surface area contributed by atoms with Crippen molar-refractivity contribution in [1.29, 1.82) is 0 Å². The first kappa shape index (κ1) is 22.5. The van der Waals surface area contributed by atoms with Gasteiger partial charge in [0.2, 0.25) is 11.8 Å². The molecule has 0 spiro atoms. The number of rotatable bonds is 7. The van der Waals surface area contributed by atoms with E-state index in [0.29, 0.717) is 35.9 Å². The van der Waals surface area contributed by atoms with Crippen LogP contribution in [0.3, 0.4) is 0 Å². The molecule has 2 unspecified atom stereocenters. The summed E-state index contributed by atoms with van der Waals surface area (Å²) in [4.78, 5) is 30.3. The van der Waals surface area contributed by atoms with E-state index in [1.165, 1.54) is 0 Å². The minimum absolute atomic E-state index is 0.0335.